The van der Waals surface area contributed by atoms with Gasteiger partial charge in [0.25, 0.3) is 11.7 Å². The molecule has 0 spiro atoms. The average molecular weight is 400 g/mol. The fourth-order valence-corrected chi connectivity index (χ4v) is 3.64. The summed E-state index contributed by atoms with van der Waals surface area (Å²) in [5.74, 6) is -0.980. The van der Waals surface area contributed by atoms with Gasteiger partial charge in [0.2, 0.25) is 0 Å². The number of nitrogens with zero attached hydrogens (tertiary/aromatic N) is 2. The number of ketones is 1. The van der Waals surface area contributed by atoms with Crippen LogP contribution in [0.5, 0.6) is 5.75 Å². The molecule has 1 atom stereocenters. The Kier molecular flexibility index (Phi) is 5.30. The Morgan fingerprint density at radius 2 is 1.87 bits per heavy atom. The van der Waals surface area contributed by atoms with E-state index >= 15 is 0 Å². The van der Waals surface area contributed by atoms with E-state index < -0.39 is 17.7 Å². The summed E-state index contributed by atoms with van der Waals surface area (Å²) in [5.41, 5.74) is 2.00. The molecule has 1 aliphatic heterocycles. The SMILES string of the molecule is COc1cccc([C@@H]2/C(=C(\O)c3ccccc3)C(=O)C(=O)N2Cc2cccnc2)c1. The first kappa shape index (κ1) is 19.4. The molecule has 2 aromatic carbocycles. The van der Waals surface area contributed by atoms with Crippen molar-refractivity contribution in [2.45, 2.75) is 12.6 Å². The fraction of sp³-hybridized carbons (Fsp3) is 0.125. The summed E-state index contributed by atoms with van der Waals surface area (Å²) in [6.45, 7) is 0.186. The molecule has 0 bridgehead atoms. The molecule has 6 heteroatoms. The molecule has 0 radical (unpaired) electrons. The number of methoxy groups -OCH3 is 1. The van der Waals surface area contributed by atoms with E-state index in [2.05, 4.69) is 4.98 Å². The van der Waals surface area contributed by atoms with Crippen LogP contribution in [-0.2, 0) is 16.1 Å². The number of ether oxygens (including phenoxy) is 1. The molecule has 150 valence electrons. The van der Waals surface area contributed by atoms with Gasteiger partial charge in [-0.2, -0.15) is 0 Å². The second kappa shape index (κ2) is 8.21. The maximum Gasteiger partial charge on any atom is 0.295 e. The van der Waals surface area contributed by atoms with E-state index in [-0.39, 0.29) is 17.9 Å². The van der Waals surface area contributed by atoms with Gasteiger partial charge in [0, 0.05) is 24.5 Å². The molecule has 3 aromatic rings. The maximum atomic E-state index is 13.0. The monoisotopic (exact) mass is 400 g/mol. The van der Waals surface area contributed by atoms with Gasteiger partial charge in [-0.1, -0.05) is 48.5 Å². The van der Waals surface area contributed by atoms with Crippen molar-refractivity contribution in [2.24, 2.45) is 0 Å². The van der Waals surface area contributed by atoms with Crippen LogP contribution in [0.3, 0.4) is 0 Å². The number of hydrogen-bond donors (Lipinski definition) is 1. The number of benzene rings is 2. The Labute approximate surface area is 174 Å². The van der Waals surface area contributed by atoms with Gasteiger partial charge in [-0.15, -0.1) is 0 Å². The van der Waals surface area contributed by atoms with E-state index in [1.165, 1.54) is 4.90 Å². The van der Waals surface area contributed by atoms with E-state index in [1.54, 1.807) is 68.0 Å². The van der Waals surface area contributed by atoms with Gasteiger partial charge in [0.05, 0.1) is 18.7 Å². The van der Waals surface area contributed by atoms with Gasteiger partial charge < -0.3 is 14.7 Å². The second-order valence-electron chi connectivity index (χ2n) is 6.93. The Morgan fingerprint density at radius 3 is 2.57 bits per heavy atom. The molecule has 1 aromatic heterocycles. The smallest absolute Gasteiger partial charge is 0.295 e. The Bertz CT molecular complexity index is 1110. The van der Waals surface area contributed by atoms with Crippen molar-refractivity contribution in [1.29, 1.82) is 0 Å². The van der Waals surface area contributed by atoms with E-state index in [0.29, 0.717) is 16.9 Å². The molecule has 6 nitrogen and oxygen atoms in total. The molecule has 0 aliphatic carbocycles. The lowest BCUT2D eigenvalue weighted by Crippen LogP contribution is -2.29. The third kappa shape index (κ3) is 3.55. The highest BCUT2D eigenvalue weighted by Crippen LogP contribution is 2.40. The van der Waals surface area contributed by atoms with Crippen LogP contribution in [0.4, 0.5) is 0 Å². The van der Waals surface area contributed by atoms with Crippen LogP contribution >= 0.6 is 0 Å². The van der Waals surface area contributed by atoms with Crippen LogP contribution in [0.1, 0.15) is 22.7 Å². The Balaban J connectivity index is 1.87. The predicted molar refractivity (Wildman–Crippen MR) is 112 cm³/mol. The van der Waals surface area contributed by atoms with E-state index in [0.717, 1.165) is 5.56 Å². The number of aliphatic hydroxyl groups is 1. The van der Waals surface area contributed by atoms with Crippen LogP contribution in [0.25, 0.3) is 5.76 Å². The zero-order valence-electron chi connectivity index (χ0n) is 16.4. The number of Topliss-reactive ketones (excluding diaryl/α,β-unsaturated/α-hetero) is 1. The topological polar surface area (TPSA) is 79.7 Å². The lowest BCUT2D eigenvalue weighted by Gasteiger charge is -2.25. The number of aromatic nitrogens is 1. The lowest BCUT2D eigenvalue weighted by molar-refractivity contribution is -0.140. The quantitative estimate of drug-likeness (QED) is 0.401. The first-order valence-electron chi connectivity index (χ1n) is 9.47. The normalized spacial score (nSPS) is 17.9. The molecular weight excluding hydrogens is 380 g/mol. The van der Waals surface area contributed by atoms with Gasteiger partial charge >= 0.3 is 0 Å². The number of rotatable bonds is 5. The molecule has 4 rings (SSSR count). The summed E-state index contributed by atoms with van der Waals surface area (Å²) in [6.07, 6.45) is 3.30. The molecule has 1 saturated heterocycles. The van der Waals surface area contributed by atoms with Crippen molar-refractivity contribution >= 4 is 17.4 Å². The minimum absolute atomic E-state index is 0.0587. The molecule has 2 heterocycles. The summed E-state index contributed by atoms with van der Waals surface area (Å²) in [7, 11) is 1.55. The molecule has 1 amide bonds. The van der Waals surface area contributed by atoms with Gasteiger partial charge in [-0.05, 0) is 29.3 Å². The van der Waals surface area contributed by atoms with E-state index in [9.17, 15) is 14.7 Å². The largest absolute Gasteiger partial charge is 0.507 e. The van der Waals surface area contributed by atoms with Crippen LogP contribution in [0, 0.1) is 0 Å². The molecular formula is C24H20N2O4. The van der Waals surface area contributed by atoms with E-state index in [1.807, 2.05) is 18.2 Å². The lowest BCUT2D eigenvalue weighted by atomic mass is 9.95. The Hall–Kier alpha value is -3.93. The standard InChI is InChI=1S/C24H20N2O4/c1-30-19-11-5-10-18(13-19)21-20(22(27)17-8-3-2-4-9-17)23(28)24(29)26(21)15-16-7-6-12-25-14-16/h2-14,21,27H,15H2,1H3/b22-20+/t21-/m1/s1. The third-order valence-electron chi connectivity index (χ3n) is 5.07. The first-order chi connectivity index (χ1) is 14.6. The zero-order chi connectivity index (χ0) is 21.1. The molecule has 30 heavy (non-hydrogen) atoms. The maximum absolute atomic E-state index is 13.0. The highest BCUT2D eigenvalue weighted by Gasteiger charge is 2.46. The van der Waals surface area contributed by atoms with Gasteiger partial charge in [0.15, 0.2) is 0 Å². The van der Waals surface area contributed by atoms with Gasteiger partial charge in [0.1, 0.15) is 11.5 Å². The van der Waals surface area contributed by atoms with Gasteiger partial charge in [-0.25, -0.2) is 0 Å². The number of pyridine rings is 1. The first-order valence-corrected chi connectivity index (χ1v) is 9.47. The van der Waals surface area contributed by atoms with Crippen molar-refractivity contribution in [1.82, 2.24) is 9.88 Å². The number of carbonyl (C=O) groups is 2. The van der Waals surface area contributed by atoms with Gasteiger partial charge in [-0.3, -0.25) is 14.6 Å². The van der Waals surface area contributed by atoms with Crippen molar-refractivity contribution in [3.63, 3.8) is 0 Å². The van der Waals surface area contributed by atoms with Crippen LogP contribution < -0.4 is 4.74 Å². The van der Waals surface area contributed by atoms with Crippen LogP contribution in [-0.4, -0.2) is 33.8 Å². The van der Waals surface area contributed by atoms with E-state index in [4.69, 9.17) is 4.74 Å². The number of likely N-dealkylation sites (tertiary alicyclic amines) is 1. The second-order valence-corrected chi connectivity index (χ2v) is 6.93. The van der Waals surface area contributed by atoms with Crippen molar-refractivity contribution in [3.8, 4) is 5.75 Å². The number of carbonyl (C=O) groups excluding carboxylic acids is 2. The number of aliphatic hydroxyl groups excluding tert-OH is 1. The molecule has 1 fully saturated rings. The molecule has 0 unspecified atom stereocenters. The van der Waals surface area contributed by atoms with Crippen molar-refractivity contribution in [3.05, 3.63) is 101 Å². The highest BCUT2D eigenvalue weighted by atomic mass is 16.5. The predicted octanol–water partition coefficient (Wildman–Crippen LogP) is 3.71. The summed E-state index contributed by atoms with van der Waals surface area (Å²) in [6, 6.07) is 18.8. The summed E-state index contributed by atoms with van der Waals surface area (Å²) in [4.78, 5) is 31.5. The molecule has 0 saturated carbocycles. The summed E-state index contributed by atoms with van der Waals surface area (Å²) in [5, 5.41) is 11.0. The fourth-order valence-electron chi connectivity index (χ4n) is 3.64. The number of hydrogen-bond acceptors (Lipinski definition) is 5. The summed E-state index contributed by atoms with van der Waals surface area (Å²) < 4.78 is 5.33. The van der Waals surface area contributed by atoms with Crippen LogP contribution in [0.15, 0.2) is 84.7 Å². The third-order valence-corrected chi connectivity index (χ3v) is 5.07. The molecule has 1 N–H and O–H groups in total. The summed E-state index contributed by atoms with van der Waals surface area (Å²) >= 11 is 0. The molecule has 1 aliphatic rings. The zero-order valence-corrected chi connectivity index (χ0v) is 16.4. The van der Waals surface area contributed by atoms with Crippen molar-refractivity contribution in [2.75, 3.05) is 7.11 Å². The average Bonchev–Trinajstić information content (AvgIpc) is 3.05. The minimum atomic E-state index is -0.750. The minimum Gasteiger partial charge on any atom is -0.507 e. The van der Waals surface area contributed by atoms with Crippen LogP contribution in [0.2, 0.25) is 0 Å². The highest BCUT2D eigenvalue weighted by molar-refractivity contribution is 6.46. The van der Waals surface area contributed by atoms with Crippen molar-refractivity contribution < 1.29 is 19.4 Å². The Morgan fingerprint density at radius 1 is 1.07 bits per heavy atom. The number of amides is 1.